The first kappa shape index (κ1) is 15.8. The highest BCUT2D eigenvalue weighted by molar-refractivity contribution is 9.10. The maximum atomic E-state index is 6.06. The lowest BCUT2D eigenvalue weighted by Gasteiger charge is -2.42. The number of ether oxygens (including phenoxy) is 2. The molecule has 1 aliphatic heterocycles. The SMILES string of the molecule is COc1ccc(Br)c(C(CN)N2CC(C)OCC2C)c1. The van der Waals surface area contributed by atoms with Gasteiger partial charge in [0.2, 0.25) is 0 Å². The molecule has 0 amide bonds. The number of benzene rings is 1. The van der Waals surface area contributed by atoms with E-state index in [1.165, 1.54) is 5.56 Å². The largest absolute Gasteiger partial charge is 0.497 e. The van der Waals surface area contributed by atoms with Gasteiger partial charge in [-0.25, -0.2) is 0 Å². The minimum Gasteiger partial charge on any atom is -0.497 e. The molecule has 1 heterocycles. The highest BCUT2D eigenvalue weighted by Crippen LogP contribution is 2.33. The predicted molar refractivity (Wildman–Crippen MR) is 84.1 cm³/mol. The van der Waals surface area contributed by atoms with Crippen molar-refractivity contribution in [3.63, 3.8) is 0 Å². The lowest BCUT2D eigenvalue weighted by Crippen LogP contribution is -2.50. The van der Waals surface area contributed by atoms with Crippen LogP contribution in [0, 0.1) is 0 Å². The van der Waals surface area contributed by atoms with Crippen LogP contribution >= 0.6 is 15.9 Å². The third-order valence-corrected chi connectivity index (χ3v) is 4.56. The molecule has 1 saturated heterocycles. The molecule has 0 saturated carbocycles. The van der Waals surface area contributed by atoms with E-state index in [4.69, 9.17) is 15.2 Å². The Kier molecular flexibility index (Phi) is 5.43. The van der Waals surface area contributed by atoms with Crippen LogP contribution in [-0.2, 0) is 4.74 Å². The van der Waals surface area contributed by atoms with E-state index in [-0.39, 0.29) is 12.1 Å². The third-order valence-electron chi connectivity index (χ3n) is 3.84. The second-order valence-electron chi connectivity index (χ2n) is 5.33. The van der Waals surface area contributed by atoms with Gasteiger partial charge in [0.1, 0.15) is 5.75 Å². The fourth-order valence-electron chi connectivity index (χ4n) is 2.71. The molecule has 1 aromatic carbocycles. The van der Waals surface area contributed by atoms with Gasteiger partial charge in [0.25, 0.3) is 0 Å². The molecule has 0 radical (unpaired) electrons. The molecule has 5 heteroatoms. The van der Waals surface area contributed by atoms with Crippen molar-refractivity contribution in [1.82, 2.24) is 4.90 Å². The first-order valence-electron chi connectivity index (χ1n) is 6.97. The van der Waals surface area contributed by atoms with E-state index in [9.17, 15) is 0 Å². The third kappa shape index (κ3) is 3.34. The molecule has 112 valence electrons. The molecule has 0 aromatic heterocycles. The van der Waals surface area contributed by atoms with E-state index in [0.717, 1.165) is 23.4 Å². The maximum Gasteiger partial charge on any atom is 0.119 e. The number of morpholine rings is 1. The van der Waals surface area contributed by atoms with Crippen LogP contribution in [0.1, 0.15) is 25.5 Å². The standard InChI is InChI=1S/C15H23BrN2O2/c1-10-9-20-11(2)8-18(10)15(7-17)13-6-12(19-3)4-5-14(13)16/h4-6,10-11,15H,7-9,17H2,1-3H3. The summed E-state index contributed by atoms with van der Waals surface area (Å²) < 4.78 is 12.1. The first-order chi connectivity index (χ1) is 9.56. The molecule has 1 fully saturated rings. The topological polar surface area (TPSA) is 47.7 Å². The molecular weight excluding hydrogens is 320 g/mol. The summed E-state index contributed by atoms with van der Waals surface area (Å²) in [6.07, 6.45) is 0.240. The van der Waals surface area contributed by atoms with Crippen molar-refractivity contribution >= 4 is 15.9 Å². The Balaban J connectivity index is 2.31. The summed E-state index contributed by atoms with van der Waals surface area (Å²) in [6.45, 7) is 6.50. The normalized spacial score (nSPS) is 25.4. The smallest absolute Gasteiger partial charge is 0.119 e. The number of halogens is 1. The minimum absolute atomic E-state index is 0.167. The van der Waals surface area contributed by atoms with E-state index in [2.05, 4.69) is 40.7 Å². The van der Waals surface area contributed by atoms with Crippen LogP contribution in [0.4, 0.5) is 0 Å². The number of nitrogens with zero attached hydrogens (tertiary/aromatic N) is 1. The molecule has 20 heavy (non-hydrogen) atoms. The summed E-state index contributed by atoms with van der Waals surface area (Å²) in [7, 11) is 1.68. The van der Waals surface area contributed by atoms with Crippen LogP contribution in [0.15, 0.2) is 22.7 Å². The zero-order valence-electron chi connectivity index (χ0n) is 12.3. The van der Waals surface area contributed by atoms with Gasteiger partial charge in [-0.3, -0.25) is 4.90 Å². The summed E-state index contributed by atoms with van der Waals surface area (Å²) in [5.74, 6) is 0.857. The fraction of sp³-hybridized carbons (Fsp3) is 0.600. The molecule has 3 unspecified atom stereocenters. The van der Waals surface area contributed by atoms with E-state index >= 15 is 0 Å². The number of methoxy groups -OCH3 is 1. The van der Waals surface area contributed by atoms with Gasteiger partial charge in [0.15, 0.2) is 0 Å². The molecule has 0 aliphatic carbocycles. The first-order valence-corrected chi connectivity index (χ1v) is 7.77. The van der Waals surface area contributed by atoms with Crippen molar-refractivity contribution < 1.29 is 9.47 Å². The van der Waals surface area contributed by atoms with Crippen molar-refractivity contribution in [2.75, 3.05) is 26.8 Å². The molecular formula is C15H23BrN2O2. The van der Waals surface area contributed by atoms with Crippen molar-refractivity contribution in [2.24, 2.45) is 5.73 Å². The summed E-state index contributed by atoms with van der Waals surface area (Å²) in [5.41, 5.74) is 7.23. The number of hydrogen-bond donors (Lipinski definition) is 1. The zero-order chi connectivity index (χ0) is 14.7. The lowest BCUT2D eigenvalue weighted by molar-refractivity contribution is -0.0655. The molecule has 3 atom stereocenters. The fourth-order valence-corrected chi connectivity index (χ4v) is 3.22. The molecule has 0 bridgehead atoms. The van der Waals surface area contributed by atoms with E-state index in [1.54, 1.807) is 7.11 Å². The number of hydrogen-bond acceptors (Lipinski definition) is 4. The van der Waals surface area contributed by atoms with Crippen molar-refractivity contribution in [3.8, 4) is 5.75 Å². The summed E-state index contributed by atoms with van der Waals surface area (Å²) >= 11 is 3.63. The average Bonchev–Trinajstić information content (AvgIpc) is 2.45. The Morgan fingerprint density at radius 2 is 2.25 bits per heavy atom. The molecule has 1 aliphatic rings. The van der Waals surface area contributed by atoms with Gasteiger partial charge in [-0.2, -0.15) is 0 Å². The Hall–Kier alpha value is -0.620. The summed E-state index contributed by atoms with van der Waals surface area (Å²) in [5, 5.41) is 0. The zero-order valence-corrected chi connectivity index (χ0v) is 13.9. The Morgan fingerprint density at radius 1 is 1.50 bits per heavy atom. The Labute approximate surface area is 129 Å². The van der Waals surface area contributed by atoms with Gasteiger partial charge in [-0.05, 0) is 37.6 Å². The Morgan fingerprint density at radius 3 is 2.90 bits per heavy atom. The van der Waals surface area contributed by atoms with E-state index < -0.39 is 0 Å². The second kappa shape index (κ2) is 6.89. The van der Waals surface area contributed by atoms with Crippen molar-refractivity contribution in [2.45, 2.75) is 32.0 Å². The molecule has 1 aromatic rings. The monoisotopic (exact) mass is 342 g/mol. The Bertz CT molecular complexity index is 455. The highest BCUT2D eigenvalue weighted by atomic mass is 79.9. The van der Waals surface area contributed by atoms with Gasteiger partial charge < -0.3 is 15.2 Å². The van der Waals surface area contributed by atoms with Gasteiger partial charge >= 0.3 is 0 Å². The van der Waals surface area contributed by atoms with Crippen LogP contribution in [0.3, 0.4) is 0 Å². The van der Waals surface area contributed by atoms with Crippen LogP contribution in [0.5, 0.6) is 5.75 Å². The van der Waals surface area contributed by atoms with Gasteiger partial charge in [0.05, 0.1) is 19.8 Å². The lowest BCUT2D eigenvalue weighted by atomic mass is 10.0. The molecule has 2 rings (SSSR count). The minimum atomic E-state index is 0.167. The van der Waals surface area contributed by atoms with Gasteiger partial charge in [-0.15, -0.1) is 0 Å². The highest BCUT2D eigenvalue weighted by Gasteiger charge is 2.30. The van der Waals surface area contributed by atoms with Crippen LogP contribution in [0.25, 0.3) is 0 Å². The summed E-state index contributed by atoms with van der Waals surface area (Å²) in [6, 6.07) is 6.56. The molecule has 0 spiro atoms. The van der Waals surface area contributed by atoms with E-state index in [0.29, 0.717) is 12.6 Å². The average molecular weight is 343 g/mol. The van der Waals surface area contributed by atoms with Crippen LogP contribution in [-0.4, -0.2) is 43.9 Å². The van der Waals surface area contributed by atoms with Crippen LogP contribution in [0.2, 0.25) is 0 Å². The number of rotatable bonds is 4. The molecule has 4 nitrogen and oxygen atoms in total. The van der Waals surface area contributed by atoms with Crippen LogP contribution < -0.4 is 10.5 Å². The van der Waals surface area contributed by atoms with Gasteiger partial charge in [-0.1, -0.05) is 15.9 Å². The van der Waals surface area contributed by atoms with Crippen molar-refractivity contribution in [1.29, 1.82) is 0 Å². The molecule has 2 N–H and O–H groups in total. The summed E-state index contributed by atoms with van der Waals surface area (Å²) in [4.78, 5) is 2.42. The number of nitrogens with two attached hydrogens (primary N) is 1. The maximum absolute atomic E-state index is 6.06. The quantitative estimate of drug-likeness (QED) is 0.913. The second-order valence-corrected chi connectivity index (χ2v) is 6.18. The predicted octanol–water partition coefficient (Wildman–Crippen LogP) is 2.57. The van der Waals surface area contributed by atoms with E-state index in [1.807, 2.05) is 12.1 Å². The van der Waals surface area contributed by atoms with Crippen molar-refractivity contribution in [3.05, 3.63) is 28.2 Å². The van der Waals surface area contributed by atoms with Gasteiger partial charge in [0, 0.05) is 29.6 Å².